The van der Waals surface area contributed by atoms with Crippen LogP contribution in [0.1, 0.15) is 54.8 Å². The van der Waals surface area contributed by atoms with Crippen molar-refractivity contribution in [1.29, 1.82) is 0 Å². The fourth-order valence-corrected chi connectivity index (χ4v) is 5.16. The number of hydrazine groups is 1. The van der Waals surface area contributed by atoms with Crippen LogP contribution in [0.3, 0.4) is 0 Å². The minimum Gasteiger partial charge on any atom is -0.292 e. The molecular weight excluding hydrogens is 570 g/mol. The molecule has 1 atom stereocenters. The molecule has 0 spiro atoms. The quantitative estimate of drug-likeness (QED) is 0.132. The number of benzene rings is 3. The van der Waals surface area contributed by atoms with Crippen molar-refractivity contribution in [3.05, 3.63) is 102 Å². The van der Waals surface area contributed by atoms with Crippen molar-refractivity contribution in [1.82, 2.24) is 10.0 Å². The van der Waals surface area contributed by atoms with Crippen molar-refractivity contribution >= 4 is 81.5 Å². The van der Waals surface area contributed by atoms with Gasteiger partial charge in [0.05, 0.1) is 41.8 Å². The fraction of sp³-hybridized carbons (Fsp3) is 0.120. The molecule has 0 saturated carbocycles. The van der Waals surface area contributed by atoms with Crippen LogP contribution in [0.4, 0.5) is 0 Å². The van der Waals surface area contributed by atoms with E-state index in [0.717, 1.165) is 5.01 Å². The number of carbonyl (C=O) groups is 4. The molecule has 184 valence electrons. The molecule has 0 unspecified atom stereocenters. The summed E-state index contributed by atoms with van der Waals surface area (Å²) in [7, 11) is 0. The number of hydrogen-bond donors (Lipinski definition) is 0. The highest BCUT2D eigenvalue weighted by Crippen LogP contribution is 2.45. The fourth-order valence-electron chi connectivity index (χ4n) is 3.93. The Morgan fingerprint density at radius 2 is 1.28 bits per heavy atom. The van der Waals surface area contributed by atoms with Gasteiger partial charge in [0, 0.05) is 5.56 Å². The molecule has 1 heterocycles. The second-order valence-corrected chi connectivity index (χ2v) is 9.63. The van der Waals surface area contributed by atoms with Crippen LogP contribution in [0.15, 0.2) is 54.6 Å². The van der Waals surface area contributed by atoms with Crippen LogP contribution in [0, 0.1) is 0 Å². The number of nitrogens with zero attached hydrogens (tertiary/aromatic N) is 2. The van der Waals surface area contributed by atoms with Crippen molar-refractivity contribution in [3.63, 3.8) is 0 Å². The highest BCUT2D eigenvalue weighted by atomic mass is 35.5. The van der Waals surface area contributed by atoms with E-state index in [0.29, 0.717) is 5.01 Å². The molecule has 0 fully saturated rings. The number of ketones is 1. The number of Topliss-reactive ketones (excluding diaryl/α,β-unsaturated/α-hetero) is 1. The minimum atomic E-state index is -1.26. The Morgan fingerprint density at radius 1 is 0.778 bits per heavy atom. The normalized spacial score (nSPS) is 13.6. The minimum absolute atomic E-state index is 0.0247. The molecule has 1 aliphatic heterocycles. The van der Waals surface area contributed by atoms with Gasteiger partial charge in [-0.15, -0.1) is 0 Å². The van der Waals surface area contributed by atoms with Crippen LogP contribution < -0.4 is 0 Å². The van der Waals surface area contributed by atoms with Gasteiger partial charge in [0.15, 0.2) is 5.78 Å². The topological polar surface area (TPSA) is 74.8 Å². The Bertz CT molecular complexity index is 1380. The van der Waals surface area contributed by atoms with Gasteiger partial charge in [0.2, 0.25) is 0 Å². The molecule has 0 N–H and O–H groups in total. The molecule has 11 heteroatoms. The highest BCUT2D eigenvalue weighted by molar-refractivity contribution is 6.55. The van der Waals surface area contributed by atoms with E-state index >= 15 is 0 Å². The second-order valence-electron chi connectivity index (χ2n) is 7.71. The van der Waals surface area contributed by atoms with Crippen LogP contribution in [0.25, 0.3) is 0 Å². The first-order chi connectivity index (χ1) is 17.1. The maximum atomic E-state index is 13.9. The van der Waals surface area contributed by atoms with Gasteiger partial charge in [-0.25, -0.2) is 5.01 Å². The third-order valence-corrected chi connectivity index (χ3v) is 7.78. The Morgan fingerprint density at radius 3 is 1.78 bits per heavy atom. The zero-order valence-electron chi connectivity index (χ0n) is 18.4. The zero-order chi connectivity index (χ0) is 26.3. The van der Waals surface area contributed by atoms with E-state index in [-0.39, 0.29) is 53.8 Å². The molecule has 0 bridgehead atoms. The Kier molecular flexibility index (Phi) is 7.64. The summed E-state index contributed by atoms with van der Waals surface area (Å²) in [6.07, 6.45) is 0.0559. The summed E-state index contributed by atoms with van der Waals surface area (Å²) < 4.78 is 0. The number of amides is 3. The second kappa shape index (κ2) is 10.4. The first kappa shape index (κ1) is 26.5. The number of fused-ring (bicyclic) bond motifs is 1. The van der Waals surface area contributed by atoms with Gasteiger partial charge in [-0.05, 0) is 18.6 Å². The van der Waals surface area contributed by atoms with Crippen molar-refractivity contribution in [2.45, 2.75) is 19.4 Å². The summed E-state index contributed by atoms with van der Waals surface area (Å²) in [5, 5.41) is 0.381. The maximum Gasteiger partial charge on any atom is 0.282 e. The van der Waals surface area contributed by atoms with E-state index in [1.807, 2.05) is 0 Å². The molecule has 3 aromatic rings. The third kappa shape index (κ3) is 4.27. The maximum absolute atomic E-state index is 13.9. The summed E-state index contributed by atoms with van der Waals surface area (Å²) in [5.41, 5.74) is -0.386. The van der Waals surface area contributed by atoms with Gasteiger partial charge in [-0.3, -0.25) is 19.2 Å². The molecule has 0 aromatic heterocycles. The van der Waals surface area contributed by atoms with Crippen LogP contribution in [0.2, 0.25) is 25.1 Å². The van der Waals surface area contributed by atoms with Gasteiger partial charge >= 0.3 is 0 Å². The van der Waals surface area contributed by atoms with Gasteiger partial charge in [-0.2, -0.15) is 5.01 Å². The molecule has 36 heavy (non-hydrogen) atoms. The van der Waals surface area contributed by atoms with Crippen LogP contribution in [-0.2, 0) is 0 Å². The predicted molar refractivity (Wildman–Crippen MR) is 139 cm³/mol. The first-order valence-electron chi connectivity index (χ1n) is 10.5. The van der Waals surface area contributed by atoms with Gasteiger partial charge in [0.1, 0.15) is 6.04 Å². The number of rotatable bonds is 6. The van der Waals surface area contributed by atoms with E-state index in [4.69, 9.17) is 58.0 Å². The van der Waals surface area contributed by atoms with Gasteiger partial charge in [0.25, 0.3) is 17.7 Å². The third-order valence-electron chi connectivity index (χ3n) is 5.65. The average Bonchev–Trinajstić information content (AvgIpc) is 3.14. The summed E-state index contributed by atoms with van der Waals surface area (Å²) in [6, 6.07) is 13.0. The summed E-state index contributed by atoms with van der Waals surface area (Å²) in [4.78, 5) is 54.6. The average molecular weight is 585 g/mol. The molecule has 0 aliphatic carbocycles. The lowest BCUT2D eigenvalue weighted by Crippen LogP contribution is -2.57. The van der Waals surface area contributed by atoms with E-state index in [1.54, 1.807) is 49.4 Å². The van der Waals surface area contributed by atoms with E-state index in [1.165, 1.54) is 12.1 Å². The van der Waals surface area contributed by atoms with Crippen LogP contribution in [0.5, 0.6) is 0 Å². The van der Waals surface area contributed by atoms with Crippen molar-refractivity contribution in [3.8, 4) is 0 Å². The number of imide groups is 1. The van der Waals surface area contributed by atoms with Crippen LogP contribution in [-0.4, -0.2) is 39.6 Å². The molecule has 0 saturated heterocycles. The molecule has 0 radical (unpaired) electrons. The smallest absolute Gasteiger partial charge is 0.282 e. The molecule has 3 aromatic carbocycles. The van der Waals surface area contributed by atoms with E-state index in [9.17, 15) is 19.2 Å². The molecule has 4 rings (SSSR count). The largest absolute Gasteiger partial charge is 0.292 e. The molecular formula is C25H15Cl5N2O4. The van der Waals surface area contributed by atoms with Gasteiger partial charge < -0.3 is 0 Å². The number of halogens is 5. The first-order valence-corrected chi connectivity index (χ1v) is 12.4. The van der Waals surface area contributed by atoms with Gasteiger partial charge in [-0.1, -0.05) is 107 Å². The lowest BCUT2D eigenvalue weighted by molar-refractivity contribution is -0.00970. The van der Waals surface area contributed by atoms with Crippen LogP contribution >= 0.6 is 58.0 Å². The lowest BCUT2D eigenvalue weighted by atomic mass is 10.0. The highest BCUT2D eigenvalue weighted by Gasteiger charge is 2.49. The monoisotopic (exact) mass is 582 g/mol. The van der Waals surface area contributed by atoms with E-state index in [2.05, 4.69) is 0 Å². The molecule has 6 nitrogen and oxygen atoms in total. The standard InChI is InChI=1S/C25H15Cl5N2O4/c1-2-15(22(33)12-8-4-3-5-9-12)31(23(34)13-10-6-7-11-14(13)26)32-24(35)16-17(25(32)36)19(28)21(30)20(29)18(16)27/h3-11,15H,2H2,1H3/t15-/m1/s1. The molecule has 3 amide bonds. The Balaban J connectivity index is 1.93. The zero-order valence-corrected chi connectivity index (χ0v) is 22.2. The van der Waals surface area contributed by atoms with Crippen molar-refractivity contribution < 1.29 is 19.2 Å². The summed E-state index contributed by atoms with van der Waals surface area (Å²) >= 11 is 31.1. The number of carbonyl (C=O) groups excluding carboxylic acids is 4. The summed E-state index contributed by atoms with van der Waals surface area (Å²) in [6.45, 7) is 1.64. The van der Waals surface area contributed by atoms with Crippen molar-refractivity contribution in [2.75, 3.05) is 0 Å². The SMILES string of the molecule is CC[C@H](C(=O)c1ccccc1)N(C(=O)c1ccccc1Cl)N1C(=O)c2c(Cl)c(Cl)c(Cl)c(Cl)c2C1=O. The summed E-state index contributed by atoms with van der Waals surface area (Å²) in [5.74, 6) is -3.32. The predicted octanol–water partition coefficient (Wildman–Crippen LogP) is 7.27. The van der Waals surface area contributed by atoms with E-state index < -0.39 is 29.5 Å². The molecule has 1 aliphatic rings. The Hall–Kier alpha value is -2.61. The number of hydrogen-bond acceptors (Lipinski definition) is 4. The lowest BCUT2D eigenvalue weighted by Gasteiger charge is -2.35. The Labute approximate surface area is 231 Å². The van der Waals surface area contributed by atoms with Crippen molar-refractivity contribution in [2.24, 2.45) is 0 Å².